The molecule has 1 aliphatic rings. The summed E-state index contributed by atoms with van der Waals surface area (Å²) in [5, 5.41) is 9.58. The number of hydrogen-bond acceptors (Lipinski definition) is 5. The molecule has 1 aromatic rings. The number of likely N-dealkylation sites (tertiary alicyclic amines) is 1. The van der Waals surface area contributed by atoms with Gasteiger partial charge in [-0.2, -0.15) is 0 Å². The highest BCUT2D eigenvalue weighted by atomic mass is 16.5. The number of hydrogen-bond donors (Lipinski definition) is 1. The number of carbonyl (C=O) groups excluding carboxylic acids is 1. The van der Waals surface area contributed by atoms with E-state index in [0.29, 0.717) is 12.2 Å². The molecule has 20 heavy (non-hydrogen) atoms. The molecule has 1 fully saturated rings. The van der Waals surface area contributed by atoms with Gasteiger partial charge >= 0.3 is 5.97 Å². The highest BCUT2D eigenvalue weighted by Crippen LogP contribution is 2.14. The smallest absolute Gasteiger partial charge is 0.337 e. The minimum Gasteiger partial charge on any atom is -0.492 e. The second kappa shape index (κ2) is 7.26. The van der Waals surface area contributed by atoms with Crippen molar-refractivity contribution >= 4 is 5.97 Å². The average molecular weight is 279 g/mol. The molecule has 2 rings (SSSR count). The molecule has 0 saturated carbocycles. The molecule has 0 spiro atoms. The summed E-state index contributed by atoms with van der Waals surface area (Å²) in [6.45, 7) is 3.12. The second-order valence-electron chi connectivity index (χ2n) is 4.96. The first-order valence-electron chi connectivity index (χ1n) is 6.90. The van der Waals surface area contributed by atoms with Gasteiger partial charge in [0.05, 0.1) is 18.8 Å². The van der Waals surface area contributed by atoms with Gasteiger partial charge in [-0.1, -0.05) is 0 Å². The van der Waals surface area contributed by atoms with Gasteiger partial charge in [-0.25, -0.2) is 4.79 Å². The van der Waals surface area contributed by atoms with E-state index in [0.717, 1.165) is 38.2 Å². The van der Waals surface area contributed by atoms with Crippen molar-refractivity contribution in [1.82, 2.24) is 4.90 Å². The lowest BCUT2D eigenvalue weighted by Gasteiger charge is -2.29. The first-order chi connectivity index (χ1) is 9.69. The lowest BCUT2D eigenvalue weighted by atomic mass is 10.1. The van der Waals surface area contributed by atoms with E-state index in [-0.39, 0.29) is 12.1 Å². The molecule has 1 aromatic carbocycles. The van der Waals surface area contributed by atoms with E-state index < -0.39 is 0 Å². The summed E-state index contributed by atoms with van der Waals surface area (Å²) in [6.07, 6.45) is 1.73. The number of β-amino-alcohol motifs (C(OH)–C–C–N with tert-alkyl or cyclic N) is 1. The summed E-state index contributed by atoms with van der Waals surface area (Å²) in [7, 11) is 1.36. The standard InChI is InChI=1S/C15H21NO4/c1-19-15(18)12-4-6-14(7-5-12)20-10-9-16-8-2-3-13(17)11-16/h4-7,13,17H,2-3,8-11H2,1H3. The second-order valence-corrected chi connectivity index (χ2v) is 4.96. The minimum absolute atomic E-state index is 0.205. The largest absolute Gasteiger partial charge is 0.492 e. The van der Waals surface area contributed by atoms with Crippen LogP contribution in [-0.2, 0) is 4.74 Å². The molecule has 1 saturated heterocycles. The zero-order chi connectivity index (χ0) is 14.4. The summed E-state index contributed by atoms with van der Waals surface area (Å²) >= 11 is 0. The summed E-state index contributed by atoms with van der Waals surface area (Å²) in [5.74, 6) is 0.383. The molecule has 110 valence electrons. The van der Waals surface area contributed by atoms with Crippen molar-refractivity contribution in [2.24, 2.45) is 0 Å². The van der Waals surface area contributed by atoms with Gasteiger partial charge < -0.3 is 14.6 Å². The van der Waals surface area contributed by atoms with Crippen LogP contribution in [0.2, 0.25) is 0 Å². The van der Waals surface area contributed by atoms with E-state index in [2.05, 4.69) is 9.64 Å². The van der Waals surface area contributed by atoms with Crippen LogP contribution >= 0.6 is 0 Å². The summed E-state index contributed by atoms with van der Waals surface area (Å²) in [5.41, 5.74) is 0.513. The van der Waals surface area contributed by atoms with Crippen molar-refractivity contribution in [3.63, 3.8) is 0 Å². The van der Waals surface area contributed by atoms with Crippen LogP contribution in [0.25, 0.3) is 0 Å². The zero-order valence-electron chi connectivity index (χ0n) is 11.7. The number of esters is 1. The van der Waals surface area contributed by atoms with Crippen LogP contribution in [0, 0.1) is 0 Å². The van der Waals surface area contributed by atoms with Crippen LogP contribution in [0.1, 0.15) is 23.2 Å². The molecule has 0 amide bonds. The van der Waals surface area contributed by atoms with Crippen LogP contribution in [0.5, 0.6) is 5.75 Å². The van der Waals surface area contributed by atoms with Crippen LogP contribution in [0.3, 0.4) is 0 Å². The van der Waals surface area contributed by atoms with E-state index in [4.69, 9.17) is 4.74 Å². The van der Waals surface area contributed by atoms with Crippen molar-refractivity contribution < 1.29 is 19.4 Å². The maximum atomic E-state index is 11.3. The van der Waals surface area contributed by atoms with E-state index in [1.165, 1.54) is 7.11 Å². The van der Waals surface area contributed by atoms with Crippen molar-refractivity contribution in [2.75, 3.05) is 33.4 Å². The van der Waals surface area contributed by atoms with Gasteiger partial charge in [-0.3, -0.25) is 4.90 Å². The molecule has 5 nitrogen and oxygen atoms in total. The molecule has 1 atom stereocenters. The van der Waals surface area contributed by atoms with Gasteiger partial charge in [-0.15, -0.1) is 0 Å². The molecule has 0 aliphatic carbocycles. The molecule has 0 radical (unpaired) electrons. The predicted octanol–water partition coefficient (Wildman–Crippen LogP) is 1.31. The van der Waals surface area contributed by atoms with Crippen molar-refractivity contribution in [1.29, 1.82) is 0 Å². The lowest BCUT2D eigenvalue weighted by molar-refractivity contribution is 0.0600. The molecule has 1 N–H and O–H groups in total. The summed E-state index contributed by atoms with van der Waals surface area (Å²) < 4.78 is 10.3. The summed E-state index contributed by atoms with van der Waals surface area (Å²) in [6, 6.07) is 6.90. The molecular weight excluding hydrogens is 258 g/mol. The lowest BCUT2D eigenvalue weighted by Crippen LogP contribution is -2.40. The molecular formula is C15H21NO4. The van der Waals surface area contributed by atoms with Gasteiger partial charge in [0.2, 0.25) is 0 Å². The third-order valence-electron chi connectivity index (χ3n) is 3.43. The third kappa shape index (κ3) is 4.21. The molecule has 1 heterocycles. The van der Waals surface area contributed by atoms with Crippen molar-refractivity contribution in [3.8, 4) is 5.75 Å². The van der Waals surface area contributed by atoms with Gasteiger partial charge in [0.15, 0.2) is 0 Å². The molecule has 1 unspecified atom stereocenters. The Morgan fingerprint density at radius 3 is 2.80 bits per heavy atom. The zero-order valence-corrected chi connectivity index (χ0v) is 11.7. The van der Waals surface area contributed by atoms with E-state index in [1.807, 2.05) is 0 Å². The Balaban J connectivity index is 1.75. The number of benzene rings is 1. The SMILES string of the molecule is COC(=O)c1ccc(OCCN2CCCC(O)C2)cc1. The number of aliphatic hydroxyl groups is 1. The highest BCUT2D eigenvalue weighted by Gasteiger charge is 2.17. The minimum atomic E-state index is -0.348. The van der Waals surface area contributed by atoms with E-state index >= 15 is 0 Å². The maximum Gasteiger partial charge on any atom is 0.337 e. The number of aliphatic hydroxyl groups excluding tert-OH is 1. The number of ether oxygens (including phenoxy) is 2. The third-order valence-corrected chi connectivity index (χ3v) is 3.43. The summed E-state index contributed by atoms with van der Waals surface area (Å²) in [4.78, 5) is 13.5. The number of rotatable bonds is 5. The van der Waals surface area contributed by atoms with Crippen LogP contribution in [0.4, 0.5) is 0 Å². The van der Waals surface area contributed by atoms with E-state index in [1.54, 1.807) is 24.3 Å². The number of carbonyl (C=O) groups is 1. The fourth-order valence-corrected chi connectivity index (χ4v) is 2.33. The predicted molar refractivity (Wildman–Crippen MR) is 75.0 cm³/mol. The van der Waals surface area contributed by atoms with Crippen molar-refractivity contribution in [3.05, 3.63) is 29.8 Å². The molecule has 5 heteroatoms. The first kappa shape index (κ1) is 14.8. The Morgan fingerprint density at radius 1 is 1.40 bits per heavy atom. The number of piperidine rings is 1. The van der Waals surface area contributed by atoms with E-state index in [9.17, 15) is 9.90 Å². The fourth-order valence-electron chi connectivity index (χ4n) is 2.33. The van der Waals surface area contributed by atoms with Gasteiger partial charge in [0.1, 0.15) is 12.4 Å². The Hall–Kier alpha value is -1.59. The molecule has 0 bridgehead atoms. The van der Waals surface area contributed by atoms with Gasteiger partial charge in [-0.05, 0) is 43.7 Å². The topological polar surface area (TPSA) is 59.0 Å². The van der Waals surface area contributed by atoms with Gasteiger partial charge in [0.25, 0.3) is 0 Å². The number of methoxy groups -OCH3 is 1. The van der Waals surface area contributed by atoms with Crippen LogP contribution in [-0.4, -0.2) is 55.4 Å². The Morgan fingerprint density at radius 2 is 2.15 bits per heavy atom. The highest BCUT2D eigenvalue weighted by molar-refractivity contribution is 5.89. The quantitative estimate of drug-likeness (QED) is 0.824. The number of nitrogens with zero attached hydrogens (tertiary/aromatic N) is 1. The Kier molecular flexibility index (Phi) is 5.38. The van der Waals surface area contributed by atoms with Crippen molar-refractivity contribution in [2.45, 2.75) is 18.9 Å². The molecule has 1 aliphatic heterocycles. The fraction of sp³-hybridized carbons (Fsp3) is 0.533. The normalized spacial score (nSPS) is 19.6. The monoisotopic (exact) mass is 279 g/mol. The first-order valence-corrected chi connectivity index (χ1v) is 6.90. The molecule has 0 aromatic heterocycles. The Bertz CT molecular complexity index is 432. The van der Waals surface area contributed by atoms with Gasteiger partial charge in [0, 0.05) is 13.1 Å². The maximum absolute atomic E-state index is 11.3. The van der Waals surface area contributed by atoms with Crippen LogP contribution < -0.4 is 4.74 Å². The average Bonchev–Trinajstić information content (AvgIpc) is 2.47. The van der Waals surface area contributed by atoms with Crippen LogP contribution in [0.15, 0.2) is 24.3 Å². The Labute approximate surface area is 119 Å².